The molecule has 6 nitrogen and oxygen atoms in total. The van der Waals surface area contributed by atoms with Crippen molar-refractivity contribution in [1.82, 2.24) is 15.2 Å². The predicted molar refractivity (Wildman–Crippen MR) is 88.7 cm³/mol. The van der Waals surface area contributed by atoms with Crippen molar-refractivity contribution >= 4 is 23.1 Å². The van der Waals surface area contributed by atoms with E-state index in [4.69, 9.17) is 5.26 Å². The molecule has 0 fully saturated rings. The smallest absolute Gasteiger partial charge is 0.249 e. The zero-order valence-electron chi connectivity index (χ0n) is 12.5. The van der Waals surface area contributed by atoms with Crippen molar-refractivity contribution in [3.8, 4) is 6.07 Å². The normalized spacial score (nSPS) is 9.91. The summed E-state index contributed by atoms with van der Waals surface area (Å²) >= 11 is 0. The number of nitrogens with zero attached hydrogens (tertiary/aromatic N) is 4. The fourth-order valence-electron chi connectivity index (χ4n) is 2.08. The van der Waals surface area contributed by atoms with Crippen molar-refractivity contribution in [2.24, 2.45) is 0 Å². The summed E-state index contributed by atoms with van der Waals surface area (Å²) in [6.07, 6.45) is 1.53. The van der Waals surface area contributed by atoms with Gasteiger partial charge in [0.15, 0.2) is 5.82 Å². The molecule has 3 aromatic rings. The molecular weight excluding hydrogens is 288 g/mol. The summed E-state index contributed by atoms with van der Waals surface area (Å²) in [4.78, 5) is 4.37. The highest BCUT2D eigenvalue weighted by molar-refractivity contribution is 5.60. The number of benzene rings is 2. The highest BCUT2D eigenvalue weighted by atomic mass is 15.3. The summed E-state index contributed by atoms with van der Waals surface area (Å²) in [5, 5.41) is 23.1. The highest BCUT2D eigenvalue weighted by Crippen LogP contribution is 2.18. The molecule has 23 heavy (non-hydrogen) atoms. The average Bonchev–Trinajstić information content (AvgIpc) is 2.55. The second kappa shape index (κ2) is 6.54. The molecule has 0 bridgehead atoms. The first-order valence-corrected chi connectivity index (χ1v) is 7.03. The Morgan fingerprint density at radius 1 is 1.00 bits per heavy atom. The lowest BCUT2D eigenvalue weighted by Crippen LogP contribution is -2.02. The van der Waals surface area contributed by atoms with Gasteiger partial charge in [0.2, 0.25) is 5.95 Å². The Morgan fingerprint density at radius 3 is 2.57 bits per heavy atom. The minimum Gasteiger partial charge on any atom is -0.339 e. The first kappa shape index (κ1) is 14.5. The van der Waals surface area contributed by atoms with Crippen LogP contribution in [-0.2, 0) is 0 Å². The van der Waals surface area contributed by atoms with Gasteiger partial charge in [0.1, 0.15) is 0 Å². The van der Waals surface area contributed by atoms with E-state index in [9.17, 15) is 0 Å². The van der Waals surface area contributed by atoms with E-state index in [1.54, 1.807) is 18.2 Å². The Bertz CT molecular complexity index is 869. The Labute approximate surface area is 133 Å². The van der Waals surface area contributed by atoms with Gasteiger partial charge in [-0.2, -0.15) is 15.3 Å². The van der Waals surface area contributed by atoms with Gasteiger partial charge >= 0.3 is 0 Å². The van der Waals surface area contributed by atoms with Gasteiger partial charge in [-0.15, -0.1) is 5.10 Å². The standard InChI is InChI=1S/C17H14N6/c1-12-4-2-6-14(8-12)21-17-22-16(11-19-23-17)20-15-7-3-5-13(9-15)10-18/h2-9,11H,1H3,(H2,20,21,22,23). The first-order chi connectivity index (χ1) is 11.2. The largest absolute Gasteiger partial charge is 0.339 e. The number of nitriles is 1. The van der Waals surface area contributed by atoms with Crippen LogP contribution in [0.5, 0.6) is 0 Å². The van der Waals surface area contributed by atoms with Crippen molar-refractivity contribution in [2.75, 3.05) is 10.6 Å². The van der Waals surface area contributed by atoms with Crippen LogP contribution < -0.4 is 10.6 Å². The molecule has 0 radical (unpaired) electrons. The SMILES string of the molecule is Cc1cccc(Nc2nncc(Nc3cccc(C#N)c3)n2)c1. The predicted octanol–water partition coefficient (Wildman–Crippen LogP) is 3.54. The molecule has 0 aliphatic carbocycles. The van der Waals surface area contributed by atoms with E-state index in [0.29, 0.717) is 17.3 Å². The lowest BCUT2D eigenvalue weighted by Gasteiger charge is -2.08. The Morgan fingerprint density at radius 2 is 1.78 bits per heavy atom. The van der Waals surface area contributed by atoms with Crippen LogP contribution in [0, 0.1) is 18.3 Å². The Balaban J connectivity index is 1.78. The fourth-order valence-corrected chi connectivity index (χ4v) is 2.08. The second-order valence-electron chi connectivity index (χ2n) is 4.98. The molecule has 2 N–H and O–H groups in total. The molecule has 0 saturated carbocycles. The molecular formula is C17H14N6. The summed E-state index contributed by atoms with van der Waals surface area (Å²) < 4.78 is 0. The molecule has 0 spiro atoms. The topological polar surface area (TPSA) is 86.5 Å². The van der Waals surface area contributed by atoms with Crippen LogP contribution in [0.25, 0.3) is 0 Å². The summed E-state index contributed by atoms with van der Waals surface area (Å²) in [5.74, 6) is 0.947. The van der Waals surface area contributed by atoms with Crippen molar-refractivity contribution in [1.29, 1.82) is 5.26 Å². The van der Waals surface area contributed by atoms with Gasteiger partial charge in [0, 0.05) is 11.4 Å². The van der Waals surface area contributed by atoms with Gasteiger partial charge in [-0.25, -0.2) is 0 Å². The van der Waals surface area contributed by atoms with E-state index >= 15 is 0 Å². The van der Waals surface area contributed by atoms with Crippen LogP contribution in [0.2, 0.25) is 0 Å². The average molecular weight is 302 g/mol. The van der Waals surface area contributed by atoms with Crippen molar-refractivity contribution < 1.29 is 0 Å². The highest BCUT2D eigenvalue weighted by Gasteiger charge is 2.03. The zero-order valence-corrected chi connectivity index (χ0v) is 12.5. The van der Waals surface area contributed by atoms with Gasteiger partial charge in [-0.1, -0.05) is 18.2 Å². The summed E-state index contributed by atoms with van der Waals surface area (Å²) in [7, 11) is 0. The van der Waals surface area contributed by atoms with E-state index in [0.717, 1.165) is 16.9 Å². The third-order valence-electron chi connectivity index (χ3n) is 3.10. The molecule has 1 heterocycles. The monoisotopic (exact) mass is 302 g/mol. The maximum Gasteiger partial charge on any atom is 0.249 e. The van der Waals surface area contributed by atoms with Gasteiger partial charge in [0.25, 0.3) is 0 Å². The minimum atomic E-state index is 0.400. The molecule has 2 aromatic carbocycles. The molecule has 112 valence electrons. The maximum absolute atomic E-state index is 8.93. The summed E-state index contributed by atoms with van der Waals surface area (Å²) in [6.45, 7) is 2.02. The molecule has 0 aliphatic rings. The molecule has 0 unspecified atom stereocenters. The van der Waals surface area contributed by atoms with E-state index in [1.807, 2.05) is 37.3 Å². The van der Waals surface area contributed by atoms with Crippen LogP contribution in [0.15, 0.2) is 54.7 Å². The van der Waals surface area contributed by atoms with E-state index in [2.05, 4.69) is 31.9 Å². The van der Waals surface area contributed by atoms with Gasteiger partial charge in [0.05, 0.1) is 17.8 Å². The lowest BCUT2D eigenvalue weighted by molar-refractivity contribution is 0.982. The molecule has 0 saturated heterocycles. The van der Waals surface area contributed by atoms with Crippen LogP contribution in [0.3, 0.4) is 0 Å². The quantitative estimate of drug-likeness (QED) is 0.766. The molecule has 0 atom stereocenters. The van der Waals surface area contributed by atoms with Crippen molar-refractivity contribution in [2.45, 2.75) is 6.92 Å². The van der Waals surface area contributed by atoms with Crippen LogP contribution in [-0.4, -0.2) is 15.2 Å². The number of aromatic nitrogens is 3. The van der Waals surface area contributed by atoms with Gasteiger partial charge in [-0.05, 0) is 42.8 Å². The van der Waals surface area contributed by atoms with E-state index in [-0.39, 0.29) is 0 Å². The Hall–Kier alpha value is -3.46. The van der Waals surface area contributed by atoms with E-state index in [1.165, 1.54) is 6.20 Å². The molecule has 0 aliphatic heterocycles. The minimum absolute atomic E-state index is 0.400. The molecule has 3 rings (SSSR count). The molecule has 6 heteroatoms. The molecule has 0 amide bonds. The Kier molecular flexibility index (Phi) is 4.11. The number of hydrogen-bond donors (Lipinski definition) is 2. The van der Waals surface area contributed by atoms with Crippen molar-refractivity contribution in [3.63, 3.8) is 0 Å². The summed E-state index contributed by atoms with van der Waals surface area (Å²) in [5.41, 5.74) is 3.39. The maximum atomic E-state index is 8.93. The number of aryl methyl sites for hydroxylation is 1. The first-order valence-electron chi connectivity index (χ1n) is 7.03. The van der Waals surface area contributed by atoms with Crippen LogP contribution in [0.1, 0.15) is 11.1 Å². The third kappa shape index (κ3) is 3.80. The number of nitrogens with one attached hydrogen (secondary N) is 2. The lowest BCUT2D eigenvalue weighted by atomic mass is 10.2. The number of hydrogen-bond acceptors (Lipinski definition) is 6. The molecule has 1 aromatic heterocycles. The number of anilines is 4. The van der Waals surface area contributed by atoms with E-state index < -0.39 is 0 Å². The van der Waals surface area contributed by atoms with Crippen molar-refractivity contribution in [3.05, 3.63) is 65.9 Å². The van der Waals surface area contributed by atoms with Crippen LogP contribution in [0.4, 0.5) is 23.1 Å². The third-order valence-corrected chi connectivity index (χ3v) is 3.10. The van der Waals surface area contributed by atoms with Gasteiger partial charge in [-0.3, -0.25) is 0 Å². The fraction of sp³-hybridized carbons (Fsp3) is 0.0588. The second-order valence-corrected chi connectivity index (χ2v) is 4.98. The summed E-state index contributed by atoms with van der Waals surface area (Å²) in [6, 6.07) is 17.2. The zero-order chi connectivity index (χ0) is 16.1. The number of rotatable bonds is 4. The van der Waals surface area contributed by atoms with Gasteiger partial charge < -0.3 is 10.6 Å². The van der Waals surface area contributed by atoms with Crippen LogP contribution >= 0.6 is 0 Å².